The molecule has 0 aliphatic rings. The second kappa shape index (κ2) is 12.3. The van der Waals surface area contributed by atoms with E-state index in [2.05, 4.69) is 40.6 Å². The van der Waals surface area contributed by atoms with Crippen molar-refractivity contribution in [2.24, 2.45) is 0 Å². The first-order chi connectivity index (χ1) is 17.9. The molecule has 2 aromatic heterocycles. The molecular weight excluding hydrogens is 584 g/mol. The van der Waals surface area contributed by atoms with Crippen LogP contribution in [0.4, 0.5) is 5.82 Å². The van der Waals surface area contributed by atoms with Gasteiger partial charge in [-0.05, 0) is 39.2 Å². The molecule has 2 aromatic carbocycles. The first-order valence-electron chi connectivity index (χ1n) is 11.0. The maximum absolute atomic E-state index is 13.1. The monoisotopic (exact) mass is 604 g/mol. The molecule has 1 N–H and O–H groups in total. The molecule has 0 unspecified atom stereocenters. The first kappa shape index (κ1) is 26.7. The van der Waals surface area contributed by atoms with Crippen LogP contribution in [0.1, 0.15) is 5.56 Å². The fraction of sp³-hybridized carbons (Fsp3) is 0.167. The summed E-state index contributed by atoms with van der Waals surface area (Å²) in [5.74, 6) is 0.319. The topological polar surface area (TPSA) is 119 Å². The minimum absolute atomic E-state index is 0.0328. The number of hydrogen-bond acceptors (Lipinski definition) is 8. The molecule has 0 amide bonds. The first-order valence-corrected chi connectivity index (χ1v) is 13.6. The van der Waals surface area contributed by atoms with Crippen LogP contribution >= 0.6 is 27.5 Å². The van der Waals surface area contributed by atoms with Gasteiger partial charge in [0.1, 0.15) is 19.5 Å². The molecule has 0 saturated carbocycles. The van der Waals surface area contributed by atoms with Crippen molar-refractivity contribution < 1.29 is 17.9 Å². The van der Waals surface area contributed by atoms with Crippen LogP contribution in [0, 0.1) is 0 Å². The highest BCUT2D eigenvalue weighted by Gasteiger charge is 2.28. The molecule has 0 fully saturated rings. The van der Waals surface area contributed by atoms with Crippen molar-refractivity contribution in [2.75, 3.05) is 24.6 Å². The van der Waals surface area contributed by atoms with Crippen molar-refractivity contribution in [3.63, 3.8) is 0 Å². The van der Waals surface area contributed by atoms with Crippen LogP contribution in [-0.2, 0) is 16.8 Å². The fourth-order valence-electron chi connectivity index (χ4n) is 3.31. The normalized spacial score (nSPS) is 11.2. The summed E-state index contributed by atoms with van der Waals surface area (Å²) in [5.41, 5.74) is 1.78. The molecule has 0 saturated heterocycles. The Hall–Kier alpha value is -3.32. The Labute approximate surface area is 228 Å². The van der Waals surface area contributed by atoms with Gasteiger partial charge in [-0.2, -0.15) is 8.42 Å². The molecule has 0 radical (unpaired) electrons. The zero-order valence-corrected chi connectivity index (χ0v) is 22.7. The van der Waals surface area contributed by atoms with Gasteiger partial charge in [-0.3, -0.25) is 0 Å². The van der Waals surface area contributed by atoms with Gasteiger partial charge in [0.25, 0.3) is 0 Å². The van der Waals surface area contributed by atoms with Gasteiger partial charge in [0.05, 0.1) is 16.6 Å². The molecule has 4 rings (SSSR count). The fourth-order valence-corrected chi connectivity index (χ4v) is 4.54. The van der Waals surface area contributed by atoms with Crippen molar-refractivity contribution in [1.29, 1.82) is 0 Å². The maximum Gasteiger partial charge on any atom is 0.316 e. The lowest BCUT2D eigenvalue weighted by molar-refractivity contribution is 0.202. The van der Waals surface area contributed by atoms with Gasteiger partial charge in [0.2, 0.25) is 5.88 Å². The van der Waals surface area contributed by atoms with Gasteiger partial charge in [-0.25, -0.2) is 29.0 Å². The van der Waals surface area contributed by atoms with E-state index in [0.29, 0.717) is 16.1 Å². The van der Waals surface area contributed by atoms with Gasteiger partial charge in [0, 0.05) is 24.5 Å². The lowest BCUT2D eigenvalue weighted by Crippen LogP contribution is -2.39. The van der Waals surface area contributed by atoms with E-state index in [-0.39, 0.29) is 37.5 Å². The number of hydrogen-bond donors (Lipinski definition) is 1. The Kier molecular flexibility index (Phi) is 8.87. The molecular formula is C24H22BrClN6O4S. The van der Waals surface area contributed by atoms with Crippen molar-refractivity contribution in [3.8, 4) is 23.0 Å². The van der Waals surface area contributed by atoms with E-state index in [9.17, 15) is 8.42 Å². The predicted octanol–water partition coefficient (Wildman–Crippen LogP) is 4.28. The number of anilines is 1. The Morgan fingerprint density at radius 2 is 1.62 bits per heavy atom. The molecule has 10 nitrogen and oxygen atoms in total. The molecule has 2 heterocycles. The number of aromatic nitrogens is 4. The Balaban J connectivity index is 1.69. The van der Waals surface area contributed by atoms with Crippen LogP contribution in [0.15, 0.2) is 77.8 Å². The van der Waals surface area contributed by atoms with Crippen LogP contribution in [0.5, 0.6) is 11.9 Å². The number of halogens is 2. The highest BCUT2D eigenvalue weighted by atomic mass is 79.9. The molecule has 0 atom stereocenters. The number of benzene rings is 2. The third-order valence-corrected chi connectivity index (χ3v) is 7.09. The SMILES string of the molecule is CNS(=O)(=O)N(Cc1ccccc1)c1ncnc(OCCOc2ncc(Br)cn2)c1-c1ccc(Cl)cc1. The summed E-state index contributed by atoms with van der Waals surface area (Å²) in [5, 5.41) is 0.525. The van der Waals surface area contributed by atoms with Gasteiger partial charge in [0.15, 0.2) is 5.82 Å². The summed E-state index contributed by atoms with van der Waals surface area (Å²) in [6.07, 6.45) is 4.40. The summed E-state index contributed by atoms with van der Waals surface area (Å²) in [4.78, 5) is 16.8. The summed E-state index contributed by atoms with van der Waals surface area (Å²) in [6, 6.07) is 16.3. The molecule has 4 aromatic rings. The standard InChI is InChI=1S/C24H22BrClN6O4S/c1-27-37(33,34)32(15-17-5-3-2-4-6-17)22-21(18-7-9-20(26)10-8-18)23(31-16-30-22)35-11-12-36-24-28-13-19(25)14-29-24/h2-10,13-14,16,27H,11-12,15H2,1H3. The third kappa shape index (κ3) is 6.92. The van der Waals surface area contributed by atoms with E-state index < -0.39 is 10.2 Å². The predicted molar refractivity (Wildman–Crippen MR) is 144 cm³/mol. The van der Waals surface area contributed by atoms with Crippen molar-refractivity contribution in [2.45, 2.75) is 6.54 Å². The molecule has 0 aliphatic heterocycles. The van der Waals surface area contributed by atoms with Crippen molar-refractivity contribution in [1.82, 2.24) is 24.7 Å². The van der Waals surface area contributed by atoms with Crippen LogP contribution in [0.3, 0.4) is 0 Å². The summed E-state index contributed by atoms with van der Waals surface area (Å²) in [7, 11) is -2.62. The Morgan fingerprint density at radius 3 is 2.30 bits per heavy atom. The average molecular weight is 606 g/mol. The van der Waals surface area contributed by atoms with Crippen LogP contribution in [0.25, 0.3) is 11.1 Å². The maximum atomic E-state index is 13.1. The second-order valence-electron chi connectivity index (χ2n) is 7.47. The Morgan fingerprint density at radius 1 is 0.946 bits per heavy atom. The van der Waals surface area contributed by atoms with Crippen molar-refractivity contribution in [3.05, 3.63) is 88.4 Å². The highest BCUT2D eigenvalue weighted by Crippen LogP contribution is 2.38. The van der Waals surface area contributed by atoms with E-state index in [4.69, 9.17) is 21.1 Å². The number of nitrogens with zero attached hydrogens (tertiary/aromatic N) is 5. The van der Waals surface area contributed by atoms with Gasteiger partial charge in [-0.1, -0.05) is 54.1 Å². The number of nitrogens with one attached hydrogen (secondary N) is 1. The summed E-state index contributed by atoms with van der Waals surface area (Å²) >= 11 is 9.38. The van der Waals surface area contributed by atoms with E-state index in [1.54, 1.807) is 36.7 Å². The number of ether oxygens (including phenoxy) is 2. The Bertz CT molecular complexity index is 1430. The van der Waals surface area contributed by atoms with E-state index in [0.717, 1.165) is 10.0 Å². The second-order valence-corrected chi connectivity index (χ2v) is 10.6. The zero-order chi connectivity index (χ0) is 26.3. The molecule has 13 heteroatoms. The smallest absolute Gasteiger partial charge is 0.316 e. The molecule has 37 heavy (non-hydrogen) atoms. The highest BCUT2D eigenvalue weighted by molar-refractivity contribution is 9.10. The summed E-state index contributed by atoms with van der Waals surface area (Å²) < 4.78 is 42.0. The van der Waals surface area contributed by atoms with Gasteiger partial charge in [-0.15, -0.1) is 0 Å². The quantitative estimate of drug-likeness (QED) is 0.252. The average Bonchev–Trinajstić information content (AvgIpc) is 2.92. The van der Waals surface area contributed by atoms with Gasteiger partial charge < -0.3 is 9.47 Å². The molecule has 0 aliphatic carbocycles. The lowest BCUT2D eigenvalue weighted by atomic mass is 10.1. The van der Waals surface area contributed by atoms with Crippen LogP contribution in [0.2, 0.25) is 5.02 Å². The van der Waals surface area contributed by atoms with Gasteiger partial charge >= 0.3 is 16.2 Å². The van der Waals surface area contributed by atoms with Crippen molar-refractivity contribution >= 4 is 43.6 Å². The zero-order valence-electron chi connectivity index (χ0n) is 19.6. The molecule has 192 valence electrons. The van der Waals surface area contributed by atoms with E-state index in [1.807, 2.05) is 30.3 Å². The third-order valence-electron chi connectivity index (χ3n) is 5.03. The lowest BCUT2D eigenvalue weighted by Gasteiger charge is -2.25. The van der Waals surface area contributed by atoms with Crippen LogP contribution < -0.4 is 18.5 Å². The van der Waals surface area contributed by atoms with E-state index in [1.165, 1.54) is 17.7 Å². The number of rotatable bonds is 11. The van der Waals surface area contributed by atoms with E-state index >= 15 is 0 Å². The summed E-state index contributed by atoms with van der Waals surface area (Å²) in [6.45, 7) is 0.253. The van der Waals surface area contributed by atoms with Crippen LogP contribution in [-0.4, -0.2) is 48.6 Å². The minimum atomic E-state index is -3.97. The molecule has 0 spiro atoms. The largest absolute Gasteiger partial charge is 0.473 e. The molecule has 0 bridgehead atoms. The minimum Gasteiger partial charge on any atom is -0.473 e.